The molecule has 0 saturated carbocycles. The van der Waals surface area contributed by atoms with Crippen LogP contribution in [0.2, 0.25) is 5.04 Å². The lowest BCUT2D eigenvalue weighted by molar-refractivity contribution is 0.0718. The summed E-state index contributed by atoms with van der Waals surface area (Å²) in [6.45, 7) is 16.2. The van der Waals surface area contributed by atoms with Crippen molar-refractivity contribution in [2.24, 2.45) is 11.3 Å². The van der Waals surface area contributed by atoms with Crippen LogP contribution in [0, 0.1) is 11.3 Å². The maximum absolute atomic E-state index is 12.4. The second-order valence-corrected chi connectivity index (χ2v) is 16.9. The van der Waals surface area contributed by atoms with Crippen LogP contribution < -0.4 is 10.4 Å². The van der Waals surface area contributed by atoms with E-state index in [-0.39, 0.29) is 22.4 Å². The van der Waals surface area contributed by atoms with Gasteiger partial charge < -0.3 is 13.9 Å². The van der Waals surface area contributed by atoms with Crippen molar-refractivity contribution in [1.82, 2.24) is 4.90 Å². The van der Waals surface area contributed by atoms with Gasteiger partial charge in [0, 0.05) is 13.2 Å². The molecule has 0 spiro atoms. The molecule has 0 fully saturated rings. The number of carbonyl (C=O) groups is 1. The van der Waals surface area contributed by atoms with Crippen LogP contribution in [-0.2, 0) is 4.43 Å². The minimum absolute atomic E-state index is 0.0577. The summed E-state index contributed by atoms with van der Waals surface area (Å²) < 4.78 is 12.8. The lowest BCUT2D eigenvalue weighted by atomic mass is 9.90. The first kappa shape index (κ1) is 29.7. The Bertz CT molecular complexity index is 1080. The van der Waals surface area contributed by atoms with E-state index in [1.54, 1.807) is 11.2 Å². The number of furan rings is 1. The zero-order valence-corrected chi connectivity index (χ0v) is 25.1. The monoisotopic (exact) mass is 535 g/mol. The number of rotatable bonds is 11. The van der Waals surface area contributed by atoms with E-state index in [0.717, 1.165) is 12.8 Å². The number of nitrogens with zero attached hydrogens (tertiary/aromatic N) is 1. The summed E-state index contributed by atoms with van der Waals surface area (Å²) in [7, 11) is -2.60. The zero-order valence-electron chi connectivity index (χ0n) is 24.1. The maximum Gasteiger partial charge on any atom is 0.407 e. The Kier molecular flexibility index (Phi) is 9.66. The number of amides is 1. The molecule has 5 nitrogen and oxygen atoms in total. The van der Waals surface area contributed by atoms with E-state index in [4.69, 9.17) is 8.84 Å². The van der Waals surface area contributed by atoms with Gasteiger partial charge in [-0.1, -0.05) is 109 Å². The van der Waals surface area contributed by atoms with Crippen LogP contribution in [0.25, 0.3) is 0 Å². The first-order valence-electron chi connectivity index (χ1n) is 13.6. The van der Waals surface area contributed by atoms with Crippen LogP contribution in [0.1, 0.15) is 73.1 Å². The van der Waals surface area contributed by atoms with E-state index in [9.17, 15) is 9.90 Å². The number of benzene rings is 2. The van der Waals surface area contributed by atoms with Crippen molar-refractivity contribution in [3.63, 3.8) is 0 Å². The standard InChI is InChI=1S/C32H45NO4Si/c1-25(29(28-21-15-22-36-28)33(30(34)35)24-31(2,3)4)16-14-23-37-38(32(5,6)7,26-17-10-8-11-18-26)27-19-12-9-13-20-27/h8-13,15,17-22,25,29H,14,16,23-24H2,1-7H3,(H,34,35)/t25-,29+/m1/s1. The van der Waals surface area contributed by atoms with Gasteiger partial charge in [0.05, 0.1) is 12.3 Å². The predicted molar refractivity (Wildman–Crippen MR) is 158 cm³/mol. The van der Waals surface area contributed by atoms with E-state index in [1.165, 1.54) is 10.4 Å². The Labute approximate surface area is 230 Å². The van der Waals surface area contributed by atoms with Gasteiger partial charge in [-0.2, -0.15) is 0 Å². The molecule has 2 atom stereocenters. The van der Waals surface area contributed by atoms with Crippen LogP contribution in [0.15, 0.2) is 83.5 Å². The quantitative estimate of drug-likeness (QED) is 0.206. The molecule has 1 heterocycles. The molecule has 38 heavy (non-hydrogen) atoms. The fraction of sp³-hybridized carbons (Fsp3) is 0.469. The summed E-state index contributed by atoms with van der Waals surface area (Å²) in [6.07, 6.45) is 2.35. The Morgan fingerprint density at radius 2 is 1.47 bits per heavy atom. The van der Waals surface area contributed by atoms with Crippen molar-refractivity contribution in [2.75, 3.05) is 13.2 Å². The highest BCUT2D eigenvalue weighted by Gasteiger charge is 2.50. The lowest BCUT2D eigenvalue weighted by Gasteiger charge is -2.43. The minimum Gasteiger partial charge on any atom is -0.467 e. The third kappa shape index (κ3) is 6.97. The highest BCUT2D eigenvalue weighted by Crippen LogP contribution is 2.38. The largest absolute Gasteiger partial charge is 0.467 e. The predicted octanol–water partition coefficient (Wildman–Crippen LogP) is 7.34. The third-order valence-corrected chi connectivity index (χ3v) is 12.2. The molecular weight excluding hydrogens is 490 g/mol. The fourth-order valence-electron chi connectivity index (χ4n) is 5.55. The van der Waals surface area contributed by atoms with Crippen molar-refractivity contribution in [2.45, 2.75) is 72.4 Å². The summed E-state index contributed by atoms with van der Waals surface area (Å²) >= 11 is 0. The maximum atomic E-state index is 12.4. The zero-order chi connectivity index (χ0) is 28.0. The second kappa shape index (κ2) is 12.3. The Hall–Kier alpha value is -2.83. The summed E-state index contributed by atoms with van der Waals surface area (Å²) in [5, 5.41) is 12.6. The first-order chi connectivity index (χ1) is 17.9. The second-order valence-electron chi connectivity index (χ2n) is 12.6. The molecule has 6 heteroatoms. The molecule has 0 radical (unpaired) electrons. The molecule has 2 aromatic carbocycles. The van der Waals surface area contributed by atoms with Gasteiger partial charge in [-0.3, -0.25) is 4.90 Å². The molecule has 0 saturated heterocycles. The minimum atomic E-state index is -2.60. The van der Waals surface area contributed by atoms with E-state index in [2.05, 4.69) is 109 Å². The number of carboxylic acid groups (broad SMARTS) is 1. The normalized spacial score (nSPS) is 14.2. The summed E-state index contributed by atoms with van der Waals surface area (Å²) in [5.41, 5.74) is -0.171. The highest BCUT2D eigenvalue weighted by molar-refractivity contribution is 6.99. The molecule has 1 amide bonds. The topological polar surface area (TPSA) is 62.9 Å². The van der Waals surface area contributed by atoms with Crippen LogP contribution in [0.4, 0.5) is 4.79 Å². The van der Waals surface area contributed by atoms with Gasteiger partial charge in [0.25, 0.3) is 8.32 Å². The summed E-state index contributed by atoms with van der Waals surface area (Å²) in [5.74, 6) is 0.749. The molecular formula is C32H45NO4Si. The van der Waals surface area contributed by atoms with E-state index in [0.29, 0.717) is 18.9 Å². The average Bonchev–Trinajstić information content (AvgIpc) is 3.37. The SMILES string of the molecule is C[C@H](CCCO[Si](c1ccccc1)(c1ccccc1)C(C)(C)C)[C@@H](c1ccco1)N(CC(C)(C)C)C(=O)O. The van der Waals surface area contributed by atoms with E-state index >= 15 is 0 Å². The van der Waals surface area contributed by atoms with Crippen molar-refractivity contribution in [3.8, 4) is 0 Å². The molecule has 3 aromatic rings. The highest BCUT2D eigenvalue weighted by atomic mass is 28.4. The molecule has 0 aliphatic heterocycles. The van der Waals surface area contributed by atoms with E-state index < -0.39 is 14.4 Å². The molecule has 0 unspecified atom stereocenters. The average molecular weight is 536 g/mol. The van der Waals surface area contributed by atoms with E-state index in [1.807, 2.05) is 12.1 Å². The van der Waals surface area contributed by atoms with Gasteiger partial charge in [-0.25, -0.2) is 4.79 Å². The molecule has 3 rings (SSSR count). The van der Waals surface area contributed by atoms with Crippen LogP contribution >= 0.6 is 0 Å². The molecule has 1 N–H and O–H groups in total. The van der Waals surface area contributed by atoms with Gasteiger partial charge in [0.15, 0.2) is 0 Å². The van der Waals surface area contributed by atoms with Crippen LogP contribution in [0.3, 0.4) is 0 Å². The van der Waals surface area contributed by atoms with Gasteiger partial charge in [0.2, 0.25) is 0 Å². The van der Waals surface area contributed by atoms with Crippen molar-refractivity contribution in [1.29, 1.82) is 0 Å². The van der Waals surface area contributed by atoms with Gasteiger partial charge in [-0.15, -0.1) is 0 Å². The fourth-order valence-corrected chi connectivity index (χ4v) is 10.2. The first-order valence-corrected chi connectivity index (χ1v) is 15.6. The molecule has 1 aromatic heterocycles. The lowest BCUT2D eigenvalue weighted by Crippen LogP contribution is -2.66. The number of hydrogen-bond acceptors (Lipinski definition) is 3. The molecule has 0 bridgehead atoms. The number of hydrogen-bond donors (Lipinski definition) is 1. The Morgan fingerprint density at radius 1 is 0.921 bits per heavy atom. The third-order valence-electron chi connectivity index (χ3n) is 7.14. The summed E-state index contributed by atoms with van der Waals surface area (Å²) in [6, 6.07) is 24.7. The van der Waals surface area contributed by atoms with Gasteiger partial charge in [0.1, 0.15) is 5.76 Å². The van der Waals surface area contributed by atoms with Gasteiger partial charge >= 0.3 is 6.09 Å². The summed E-state index contributed by atoms with van der Waals surface area (Å²) in [4.78, 5) is 13.9. The van der Waals surface area contributed by atoms with Crippen LogP contribution in [0.5, 0.6) is 0 Å². The van der Waals surface area contributed by atoms with Crippen molar-refractivity contribution >= 4 is 24.8 Å². The smallest absolute Gasteiger partial charge is 0.407 e. The van der Waals surface area contributed by atoms with Gasteiger partial charge in [-0.05, 0) is 51.7 Å². The van der Waals surface area contributed by atoms with Crippen LogP contribution in [-0.4, -0.2) is 37.6 Å². The molecule has 0 aliphatic carbocycles. The molecule has 0 aliphatic rings. The Morgan fingerprint density at radius 3 is 1.89 bits per heavy atom. The van der Waals surface area contributed by atoms with Crippen molar-refractivity contribution in [3.05, 3.63) is 84.8 Å². The Balaban J connectivity index is 1.84. The molecule has 206 valence electrons. The van der Waals surface area contributed by atoms with Crippen molar-refractivity contribution < 1.29 is 18.7 Å².